The SMILES string of the molecule is CCC1CCCC(Nc2ncnc(NN)c2C)C1. The molecule has 0 spiro atoms. The van der Waals surface area contributed by atoms with E-state index in [1.165, 1.54) is 32.1 Å². The second-order valence-corrected chi connectivity index (χ2v) is 5.12. The topological polar surface area (TPSA) is 75.9 Å². The molecule has 4 N–H and O–H groups in total. The van der Waals surface area contributed by atoms with Crippen LogP contribution in [0.25, 0.3) is 0 Å². The van der Waals surface area contributed by atoms with Gasteiger partial charge in [0.25, 0.3) is 0 Å². The van der Waals surface area contributed by atoms with Gasteiger partial charge in [-0.15, -0.1) is 0 Å². The Hall–Kier alpha value is -1.36. The first-order valence-corrected chi connectivity index (χ1v) is 6.79. The minimum atomic E-state index is 0.530. The number of aromatic nitrogens is 2. The predicted octanol–water partition coefficient (Wildman–Crippen LogP) is 2.45. The maximum Gasteiger partial charge on any atom is 0.148 e. The minimum Gasteiger partial charge on any atom is -0.367 e. The summed E-state index contributed by atoms with van der Waals surface area (Å²) in [5.74, 6) is 7.87. The van der Waals surface area contributed by atoms with Gasteiger partial charge in [0.05, 0.1) is 0 Å². The fourth-order valence-electron chi connectivity index (χ4n) is 2.73. The molecule has 0 radical (unpaired) electrons. The van der Waals surface area contributed by atoms with E-state index in [1.807, 2.05) is 6.92 Å². The molecule has 5 heteroatoms. The van der Waals surface area contributed by atoms with Gasteiger partial charge in [0.15, 0.2) is 0 Å². The summed E-state index contributed by atoms with van der Waals surface area (Å²) >= 11 is 0. The maximum atomic E-state index is 5.43. The highest BCUT2D eigenvalue weighted by molar-refractivity contribution is 5.56. The standard InChI is InChI=1S/C13H23N5/c1-3-10-5-4-6-11(7-10)17-12-9(2)13(18-14)16-8-15-12/h8,10-11H,3-7,14H2,1-2H3,(H2,15,16,17,18). The molecule has 2 atom stereocenters. The number of hydrogen-bond acceptors (Lipinski definition) is 5. The van der Waals surface area contributed by atoms with Crippen LogP contribution in [0.3, 0.4) is 0 Å². The second kappa shape index (κ2) is 6.00. The van der Waals surface area contributed by atoms with Crippen molar-refractivity contribution in [2.24, 2.45) is 11.8 Å². The summed E-state index contributed by atoms with van der Waals surface area (Å²) in [6.45, 7) is 4.26. The lowest BCUT2D eigenvalue weighted by molar-refractivity contribution is 0.327. The lowest BCUT2D eigenvalue weighted by Gasteiger charge is -2.29. The average Bonchev–Trinajstić information content (AvgIpc) is 2.41. The van der Waals surface area contributed by atoms with Crippen molar-refractivity contribution in [3.8, 4) is 0 Å². The van der Waals surface area contributed by atoms with Gasteiger partial charge in [-0.25, -0.2) is 15.8 Å². The monoisotopic (exact) mass is 249 g/mol. The minimum absolute atomic E-state index is 0.530. The zero-order valence-electron chi connectivity index (χ0n) is 11.2. The molecule has 1 aliphatic rings. The molecule has 18 heavy (non-hydrogen) atoms. The molecule has 1 saturated carbocycles. The van der Waals surface area contributed by atoms with Crippen molar-refractivity contribution in [3.63, 3.8) is 0 Å². The molecule has 1 aliphatic carbocycles. The van der Waals surface area contributed by atoms with Crippen molar-refractivity contribution in [2.45, 2.75) is 52.0 Å². The fourth-order valence-corrected chi connectivity index (χ4v) is 2.73. The first kappa shape index (κ1) is 13.1. The van der Waals surface area contributed by atoms with E-state index in [0.717, 1.165) is 17.3 Å². The van der Waals surface area contributed by atoms with Gasteiger partial charge in [-0.2, -0.15) is 0 Å². The molecule has 0 aliphatic heterocycles. The Bertz CT molecular complexity index is 393. The van der Waals surface area contributed by atoms with E-state index < -0.39 is 0 Å². The number of nitrogens with zero attached hydrogens (tertiary/aromatic N) is 2. The Morgan fingerprint density at radius 2 is 2.11 bits per heavy atom. The van der Waals surface area contributed by atoms with Gasteiger partial charge in [0.2, 0.25) is 0 Å². The van der Waals surface area contributed by atoms with Crippen molar-refractivity contribution in [1.29, 1.82) is 0 Å². The molecule has 1 fully saturated rings. The number of rotatable bonds is 4. The Labute approximate surface area is 109 Å². The van der Waals surface area contributed by atoms with Crippen LogP contribution in [0.5, 0.6) is 0 Å². The van der Waals surface area contributed by atoms with Crippen LogP contribution in [0.1, 0.15) is 44.6 Å². The van der Waals surface area contributed by atoms with Gasteiger partial charge >= 0.3 is 0 Å². The summed E-state index contributed by atoms with van der Waals surface area (Å²) in [5, 5.41) is 3.54. The predicted molar refractivity (Wildman–Crippen MR) is 74.2 cm³/mol. The molecule has 1 aromatic heterocycles. The van der Waals surface area contributed by atoms with Crippen LogP contribution in [-0.2, 0) is 0 Å². The molecule has 100 valence electrons. The second-order valence-electron chi connectivity index (χ2n) is 5.12. The Morgan fingerprint density at radius 1 is 1.33 bits per heavy atom. The number of nitrogens with two attached hydrogens (primary N) is 1. The highest BCUT2D eigenvalue weighted by Crippen LogP contribution is 2.29. The van der Waals surface area contributed by atoms with Crippen LogP contribution < -0.4 is 16.6 Å². The quantitative estimate of drug-likeness (QED) is 0.564. The third-order valence-corrected chi connectivity index (χ3v) is 3.92. The van der Waals surface area contributed by atoms with Gasteiger partial charge in [-0.1, -0.05) is 26.2 Å². The number of nitrogens with one attached hydrogen (secondary N) is 2. The van der Waals surface area contributed by atoms with E-state index >= 15 is 0 Å². The van der Waals surface area contributed by atoms with Crippen LogP contribution in [0.2, 0.25) is 0 Å². The Balaban J connectivity index is 2.04. The zero-order valence-corrected chi connectivity index (χ0v) is 11.2. The van der Waals surface area contributed by atoms with Crippen molar-refractivity contribution < 1.29 is 0 Å². The maximum absolute atomic E-state index is 5.43. The molecule has 1 heterocycles. The highest BCUT2D eigenvalue weighted by Gasteiger charge is 2.21. The highest BCUT2D eigenvalue weighted by atomic mass is 15.3. The molecule has 0 saturated heterocycles. The molecule has 1 aromatic rings. The summed E-state index contributed by atoms with van der Waals surface area (Å²) < 4.78 is 0. The molecule has 2 rings (SSSR count). The summed E-state index contributed by atoms with van der Waals surface area (Å²) in [6, 6.07) is 0.530. The lowest BCUT2D eigenvalue weighted by atomic mass is 9.84. The normalized spacial score (nSPS) is 23.7. The summed E-state index contributed by atoms with van der Waals surface area (Å²) in [5.41, 5.74) is 3.59. The largest absolute Gasteiger partial charge is 0.367 e. The van der Waals surface area contributed by atoms with Crippen LogP contribution in [0.15, 0.2) is 6.33 Å². The van der Waals surface area contributed by atoms with Crippen LogP contribution >= 0.6 is 0 Å². The van der Waals surface area contributed by atoms with Gasteiger partial charge < -0.3 is 10.7 Å². The van der Waals surface area contributed by atoms with Crippen molar-refractivity contribution in [2.75, 3.05) is 10.7 Å². The summed E-state index contributed by atoms with van der Waals surface area (Å²) in [4.78, 5) is 8.41. The Morgan fingerprint density at radius 3 is 2.83 bits per heavy atom. The molecule has 0 bridgehead atoms. The zero-order chi connectivity index (χ0) is 13.0. The van der Waals surface area contributed by atoms with Crippen LogP contribution in [-0.4, -0.2) is 16.0 Å². The first-order chi connectivity index (χ1) is 8.74. The van der Waals surface area contributed by atoms with Gasteiger partial charge in [0, 0.05) is 11.6 Å². The average molecular weight is 249 g/mol. The Kier molecular flexibility index (Phi) is 4.36. The lowest BCUT2D eigenvalue weighted by Crippen LogP contribution is -2.28. The number of hydrogen-bond donors (Lipinski definition) is 3. The van der Waals surface area contributed by atoms with E-state index in [0.29, 0.717) is 11.9 Å². The molecular formula is C13H23N5. The molecule has 0 amide bonds. The van der Waals surface area contributed by atoms with Crippen molar-refractivity contribution in [3.05, 3.63) is 11.9 Å². The van der Waals surface area contributed by atoms with E-state index in [1.54, 1.807) is 6.33 Å². The van der Waals surface area contributed by atoms with Crippen molar-refractivity contribution >= 4 is 11.6 Å². The fraction of sp³-hybridized carbons (Fsp3) is 0.692. The van der Waals surface area contributed by atoms with Gasteiger partial charge in [0.1, 0.15) is 18.0 Å². The van der Waals surface area contributed by atoms with Gasteiger partial charge in [-0.05, 0) is 25.7 Å². The molecule has 0 aromatic carbocycles. The van der Waals surface area contributed by atoms with E-state index in [4.69, 9.17) is 5.84 Å². The van der Waals surface area contributed by atoms with Crippen LogP contribution in [0, 0.1) is 12.8 Å². The molecular weight excluding hydrogens is 226 g/mol. The number of hydrazine groups is 1. The van der Waals surface area contributed by atoms with Gasteiger partial charge in [-0.3, -0.25) is 0 Å². The molecule has 2 unspecified atom stereocenters. The number of nitrogen functional groups attached to an aromatic ring is 1. The molecule has 5 nitrogen and oxygen atoms in total. The number of anilines is 2. The summed E-state index contributed by atoms with van der Waals surface area (Å²) in [7, 11) is 0. The van der Waals surface area contributed by atoms with Crippen LogP contribution in [0.4, 0.5) is 11.6 Å². The van der Waals surface area contributed by atoms with E-state index in [2.05, 4.69) is 27.6 Å². The summed E-state index contributed by atoms with van der Waals surface area (Å²) in [6.07, 6.45) is 7.97. The third kappa shape index (κ3) is 2.90. The van der Waals surface area contributed by atoms with E-state index in [9.17, 15) is 0 Å². The van der Waals surface area contributed by atoms with Crippen molar-refractivity contribution in [1.82, 2.24) is 9.97 Å². The van der Waals surface area contributed by atoms with E-state index in [-0.39, 0.29) is 0 Å². The first-order valence-electron chi connectivity index (χ1n) is 6.79. The third-order valence-electron chi connectivity index (χ3n) is 3.92. The smallest absolute Gasteiger partial charge is 0.148 e.